The fourth-order valence-corrected chi connectivity index (χ4v) is 5.55. The highest BCUT2D eigenvalue weighted by Gasteiger charge is 2.42. The maximum atomic E-state index is 5.94. The van der Waals surface area contributed by atoms with E-state index < -0.39 is 0 Å². The zero-order valence-electron chi connectivity index (χ0n) is 20.1. The Kier molecular flexibility index (Phi) is 6.13. The Morgan fingerprint density at radius 2 is 1.69 bits per heavy atom. The summed E-state index contributed by atoms with van der Waals surface area (Å²) in [5.41, 5.74) is 6.49. The molecule has 0 radical (unpaired) electrons. The molecule has 5 heterocycles. The molecule has 36 heavy (non-hydrogen) atoms. The Hall–Kier alpha value is -3.75. The number of hydrogen-bond acceptors (Lipinski definition) is 5. The molecule has 2 fully saturated rings. The van der Waals surface area contributed by atoms with Crippen LogP contribution in [0, 0.1) is 6.92 Å². The number of aryl methyl sites for hydroxylation is 1. The Balaban J connectivity index is 1.44. The van der Waals surface area contributed by atoms with Crippen molar-refractivity contribution in [3.05, 3.63) is 102 Å². The normalized spacial score (nSPS) is 20.0. The number of pyridine rings is 2. The molecule has 182 valence electrons. The lowest BCUT2D eigenvalue weighted by Crippen LogP contribution is -2.36. The summed E-state index contributed by atoms with van der Waals surface area (Å²) >= 11 is 5.94. The summed E-state index contributed by atoms with van der Waals surface area (Å²) < 4.78 is 7.78. The van der Waals surface area contributed by atoms with Crippen molar-refractivity contribution in [2.45, 2.75) is 19.0 Å². The zero-order chi connectivity index (χ0) is 24.5. The van der Waals surface area contributed by atoms with Gasteiger partial charge in [0.05, 0.1) is 36.8 Å². The van der Waals surface area contributed by atoms with E-state index in [0.717, 1.165) is 54.8 Å². The van der Waals surface area contributed by atoms with Gasteiger partial charge in [-0.05, 0) is 79.8 Å². The summed E-state index contributed by atoms with van der Waals surface area (Å²) in [6, 6.07) is 22.9. The third kappa shape index (κ3) is 4.12. The predicted octanol–water partition coefficient (Wildman–Crippen LogP) is 4.59. The van der Waals surface area contributed by atoms with Crippen LogP contribution in [-0.2, 0) is 4.74 Å². The maximum Gasteiger partial charge on any atom is 0.174 e. The molecule has 4 aromatic rings. The Bertz CT molecular complexity index is 1340. The highest BCUT2D eigenvalue weighted by molar-refractivity contribution is 7.80. The number of morpholine rings is 1. The number of rotatable bonds is 5. The predicted molar refractivity (Wildman–Crippen MR) is 146 cm³/mol. The zero-order valence-corrected chi connectivity index (χ0v) is 20.9. The molecule has 1 N–H and O–H groups in total. The number of ether oxygens (including phenoxy) is 1. The molecule has 0 spiro atoms. The number of anilines is 2. The topological polar surface area (TPSA) is 58.5 Å². The fourth-order valence-electron chi connectivity index (χ4n) is 5.21. The Morgan fingerprint density at radius 3 is 2.42 bits per heavy atom. The van der Waals surface area contributed by atoms with E-state index in [2.05, 4.69) is 80.1 Å². The van der Waals surface area contributed by atoms with Crippen molar-refractivity contribution < 1.29 is 4.74 Å². The molecule has 0 amide bonds. The second-order valence-corrected chi connectivity index (χ2v) is 9.45. The first-order chi connectivity index (χ1) is 17.7. The molecule has 2 saturated heterocycles. The van der Waals surface area contributed by atoms with Crippen molar-refractivity contribution in [2.24, 2.45) is 0 Å². The summed E-state index contributed by atoms with van der Waals surface area (Å²) in [7, 11) is 0. The van der Waals surface area contributed by atoms with Crippen LogP contribution in [0.25, 0.3) is 5.69 Å². The van der Waals surface area contributed by atoms with E-state index in [1.807, 2.05) is 30.6 Å². The molecule has 2 aliphatic heterocycles. The van der Waals surface area contributed by atoms with Gasteiger partial charge in [-0.3, -0.25) is 9.97 Å². The van der Waals surface area contributed by atoms with Gasteiger partial charge in [-0.2, -0.15) is 0 Å². The quantitative estimate of drug-likeness (QED) is 0.406. The first kappa shape index (κ1) is 22.7. The SMILES string of the molecule is Cc1ccc([C@@H]2[C@H](c3ccccn3)NC(=S)N2c2ccc(N3CCOCC3)cc2)n1-c1cccnc1. The summed E-state index contributed by atoms with van der Waals surface area (Å²) in [6.07, 6.45) is 5.53. The maximum absolute atomic E-state index is 5.94. The van der Waals surface area contributed by atoms with Gasteiger partial charge in [0, 0.05) is 48.2 Å². The van der Waals surface area contributed by atoms with Crippen molar-refractivity contribution >= 4 is 28.7 Å². The highest BCUT2D eigenvalue weighted by atomic mass is 32.1. The number of nitrogens with zero attached hydrogens (tertiary/aromatic N) is 5. The van der Waals surface area contributed by atoms with Crippen LogP contribution >= 0.6 is 12.2 Å². The number of benzene rings is 1. The van der Waals surface area contributed by atoms with Gasteiger partial charge < -0.3 is 24.4 Å². The molecule has 0 aliphatic carbocycles. The summed E-state index contributed by atoms with van der Waals surface area (Å²) in [4.78, 5) is 13.6. The number of aromatic nitrogens is 3. The summed E-state index contributed by atoms with van der Waals surface area (Å²) in [5, 5.41) is 4.26. The van der Waals surface area contributed by atoms with Crippen molar-refractivity contribution in [2.75, 3.05) is 36.1 Å². The molecule has 2 atom stereocenters. The first-order valence-electron chi connectivity index (χ1n) is 12.2. The summed E-state index contributed by atoms with van der Waals surface area (Å²) in [6.45, 7) is 5.46. The fraction of sp³-hybridized carbons (Fsp3) is 0.250. The third-order valence-corrected chi connectivity index (χ3v) is 7.23. The van der Waals surface area contributed by atoms with Gasteiger partial charge in [0.1, 0.15) is 6.04 Å². The first-order valence-corrected chi connectivity index (χ1v) is 12.6. The second kappa shape index (κ2) is 9.72. The van der Waals surface area contributed by atoms with Crippen LogP contribution in [0.15, 0.2) is 85.3 Å². The minimum Gasteiger partial charge on any atom is -0.378 e. The van der Waals surface area contributed by atoms with Crippen LogP contribution in [0.1, 0.15) is 29.2 Å². The van der Waals surface area contributed by atoms with Crippen LogP contribution in [0.3, 0.4) is 0 Å². The highest BCUT2D eigenvalue weighted by Crippen LogP contribution is 2.43. The van der Waals surface area contributed by atoms with E-state index >= 15 is 0 Å². The molecule has 2 aliphatic rings. The molecule has 3 aromatic heterocycles. The van der Waals surface area contributed by atoms with Crippen LogP contribution in [-0.4, -0.2) is 46.0 Å². The molecule has 6 rings (SSSR count). The van der Waals surface area contributed by atoms with Crippen molar-refractivity contribution in [3.63, 3.8) is 0 Å². The van der Waals surface area contributed by atoms with Crippen molar-refractivity contribution in [3.8, 4) is 5.69 Å². The molecule has 8 heteroatoms. The lowest BCUT2D eigenvalue weighted by Gasteiger charge is -2.31. The van der Waals surface area contributed by atoms with Gasteiger partial charge in [0.15, 0.2) is 5.11 Å². The van der Waals surface area contributed by atoms with Crippen molar-refractivity contribution in [1.82, 2.24) is 19.9 Å². The Labute approximate surface area is 216 Å². The molecule has 0 unspecified atom stereocenters. The largest absolute Gasteiger partial charge is 0.378 e. The standard InChI is InChI=1S/C28H28N6OS/c1-20-7-12-25(33(20)23-5-4-13-29-19-23)27-26(24-6-2-3-14-30-24)31-28(36)34(27)22-10-8-21(9-11-22)32-15-17-35-18-16-32/h2-14,19,26-27H,15-18H2,1H3,(H,31,36)/t26-,27+/m0/s1. The summed E-state index contributed by atoms with van der Waals surface area (Å²) in [5.74, 6) is 0. The molecule has 0 bridgehead atoms. The number of thiocarbonyl (C=S) groups is 1. The van der Waals surface area contributed by atoms with Crippen LogP contribution in [0.4, 0.5) is 11.4 Å². The van der Waals surface area contributed by atoms with Gasteiger partial charge in [-0.25, -0.2) is 0 Å². The van der Waals surface area contributed by atoms with Crippen molar-refractivity contribution in [1.29, 1.82) is 0 Å². The third-order valence-electron chi connectivity index (χ3n) is 6.92. The molecule has 1 aromatic carbocycles. The van der Waals surface area contributed by atoms with Gasteiger partial charge >= 0.3 is 0 Å². The van der Waals surface area contributed by atoms with Gasteiger partial charge in [0.2, 0.25) is 0 Å². The van der Waals surface area contributed by atoms with Crippen LogP contribution in [0.2, 0.25) is 0 Å². The Morgan fingerprint density at radius 1 is 0.889 bits per heavy atom. The van der Waals surface area contributed by atoms with Crippen LogP contribution < -0.4 is 15.1 Å². The van der Waals surface area contributed by atoms with Crippen LogP contribution in [0.5, 0.6) is 0 Å². The molecular formula is C28H28N6OS. The smallest absolute Gasteiger partial charge is 0.174 e. The van der Waals surface area contributed by atoms with Gasteiger partial charge in [-0.1, -0.05) is 6.07 Å². The minimum absolute atomic E-state index is 0.101. The van der Waals surface area contributed by atoms with E-state index in [-0.39, 0.29) is 12.1 Å². The van der Waals surface area contributed by atoms with E-state index in [1.54, 1.807) is 6.20 Å². The van der Waals surface area contributed by atoms with Gasteiger partial charge in [-0.15, -0.1) is 0 Å². The van der Waals surface area contributed by atoms with E-state index in [0.29, 0.717) is 5.11 Å². The monoisotopic (exact) mass is 496 g/mol. The lowest BCUT2D eigenvalue weighted by molar-refractivity contribution is 0.122. The molecule has 7 nitrogen and oxygen atoms in total. The van der Waals surface area contributed by atoms with E-state index in [1.165, 1.54) is 5.69 Å². The van der Waals surface area contributed by atoms with Gasteiger partial charge in [0.25, 0.3) is 0 Å². The van der Waals surface area contributed by atoms with E-state index in [4.69, 9.17) is 21.9 Å². The second-order valence-electron chi connectivity index (χ2n) is 9.06. The van der Waals surface area contributed by atoms with E-state index in [9.17, 15) is 0 Å². The minimum atomic E-state index is -0.109. The number of hydrogen-bond donors (Lipinski definition) is 1. The lowest BCUT2D eigenvalue weighted by atomic mass is 10.0. The number of nitrogens with one attached hydrogen (secondary N) is 1. The average molecular weight is 497 g/mol. The molecule has 0 saturated carbocycles. The molecular weight excluding hydrogens is 468 g/mol. The average Bonchev–Trinajstić information content (AvgIpc) is 3.49.